The van der Waals surface area contributed by atoms with Crippen LogP contribution in [0, 0.1) is 0 Å². The number of aromatic nitrogens is 2. The summed E-state index contributed by atoms with van der Waals surface area (Å²) in [6, 6.07) is 1.80. The third-order valence-corrected chi connectivity index (χ3v) is 6.30. The van der Waals surface area contributed by atoms with Crippen molar-refractivity contribution in [1.82, 2.24) is 15.3 Å². The third-order valence-electron chi connectivity index (χ3n) is 4.59. The van der Waals surface area contributed by atoms with Gasteiger partial charge in [0.25, 0.3) is 0 Å². The lowest BCUT2D eigenvalue weighted by Gasteiger charge is -2.38. The van der Waals surface area contributed by atoms with E-state index in [2.05, 4.69) is 20.2 Å². The van der Waals surface area contributed by atoms with Gasteiger partial charge in [0, 0.05) is 52.6 Å². The maximum absolute atomic E-state index is 12.0. The standard InChI is InChI=1S/C15H25N5O3S/c1-19(7-3-9-23-2)15-17-5-4-14(18-15)20-8-6-16-12-10-24(21,22)11-13(12)20/h4-5,12-13,16H,3,6-11H2,1-2H3/t12-,13+/m0/s1. The van der Waals surface area contributed by atoms with Gasteiger partial charge in [0.2, 0.25) is 5.95 Å². The van der Waals surface area contributed by atoms with E-state index >= 15 is 0 Å². The number of piperazine rings is 1. The Labute approximate surface area is 143 Å². The van der Waals surface area contributed by atoms with Gasteiger partial charge in [-0.15, -0.1) is 0 Å². The highest BCUT2D eigenvalue weighted by atomic mass is 32.2. The smallest absolute Gasteiger partial charge is 0.226 e. The number of nitrogens with one attached hydrogen (secondary N) is 1. The highest BCUT2D eigenvalue weighted by Gasteiger charge is 2.43. The second-order valence-electron chi connectivity index (χ2n) is 6.38. The summed E-state index contributed by atoms with van der Waals surface area (Å²) in [4.78, 5) is 13.1. The Morgan fingerprint density at radius 3 is 3.08 bits per heavy atom. The van der Waals surface area contributed by atoms with Crippen LogP contribution in [-0.4, -0.2) is 82.4 Å². The number of hydrogen-bond acceptors (Lipinski definition) is 8. The number of fused-ring (bicyclic) bond motifs is 1. The highest BCUT2D eigenvalue weighted by Crippen LogP contribution is 2.26. The SMILES string of the molecule is COCCCN(C)c1nccc(N2CCN[C@H]3CS(=O)(=O)C[C@H]32)n1. The number of sulfone groups is 1. The Kier molecular flexibility index (Phi) is 5.21. The molecule has 2 atom stereocenters. The molecule has 0 bridgehead atoms. The van der Waals surface area contributed by atoms with Crippen LogP contribution in [0.5, 0.6) is 0 Å². The number of methoxy groups -OCH3 is 1. The molecule has 9 heteroatoms. The molecule has 1 aromatic heterocycles. The second-order valence-corrected chi connectivity index (χ2v) is 8.53. The molecule has 2 aliphatic rings. The summed E-state index contributed by atoms with van der Waals surface area (Å²) in [6.45, 7) is 3.02. The van der Waals surface area contributed by atoms with E-state index in [-0.39, 0.29) is 23.6 Å². The van der Waals surface area contributed by atoms with E-state index in [1.807, 2.05) is 18.0 Å². The molecule has 0 spiro atoms. The molecule has 134 valence electrons. The van der Waals surface area contributed by atoms with Crippen molar-refractivity contribution >= 4 is 21.6 Å². The molecule has 8 nitrogen and oxygen atoms in total. The van der Waals surface area contributed by atoms with Gasteiger partial charge in [0.05, 0.1) is 17.5 Å². The molecule has 2 aliphatic heterocycles. The molecule has 0 radical (unpaired) electrons. The molecule has 2 saturated heterocycles. The maximum atomic E-state index is 12.0. The van der Waals surface area contributed by atoms with Crippen LogP contribution in [0.25, 0.3) is 0 Å². The van der Waals surface area contributed by atoms with Crippen molar-refractivity contribution in [3.63, 3.8) is 0 Å². The first-order chi connectivity index (χ1) is 11.5. The molecule has 3 rings (SSSR count). The summed E-state index contributed by atoms with van der Waals surface area (Å²) in [7, 11) is 0.659. The minimum Gasteiger partial charge on any atom is -0.385 e. The van der Waals surface area contributed by atoms with Crippen LogP contribution in [0.2, 0.25) is 0 Å². The lowest BCUT2D eigenvalue weighted by atomic mass is 10.1. The number of rotatable bonds is 6. The van der Waals surface area contributed by atoms with E-state index in [0.717, 1.165) is 31.9 Å². The van der Waals surface area contributed by atoms with Gasteiger partial charge in [-0.25, -0.2) is 13.4 Å². The van der Waals surface area contributed by atoms with Crippen molar-refractivity contribution in [1.29, 1.82) is 0 Å². The minimum absolute atomic E-state index is 0.0124. The lowest BCUT2D eigenvalue weighted by Crippen LogP contribution is -2.57. The van der Waals surface area contributed by atoms with Crippen molar-refractivity contribution in [2.45, 2.75) is 18.5 Å². The summed E-state index contributed by atoms with van der Waals surface area (Å²) in [5, 5.41) is 3.32. The van der Waals surface area contributed by atoms with Gasteiger partial charge in [-0.2, -0.15) is 4.98 Å². The molecule has 0 aliphatic carbocycles. The number of nitrogens with zero attached hydrogens (tertiary/aromatic N) is 4. The second kappa shape index (κ2) is 7.20. The van der Waals surface area contributed by atoms with E-state index in [9.17, 15) is 8.42 Å². The van der Waals surface area contributed by atoms with Crippen LogP contribution in [0.15, 0.2) is 12.3 Å². The number of hydrogen-bond donors (Lipinski definition) is 1. The molecule has 3 heterocycles. The fraction of sp³-hybridized carbons (Fsp3) is 0.733. The molecule has 2 fully saturated rings. The van der Waals surface area contributed by atoms with Crippen LogP contribution in [-0.2, 0) is 14.6 Å². The van der Waals surface area contributed by atoms with Crippen LogP contribution < -0.4 is 15.1 Å². The fourth-order valence-electron chi connectivity index (χ4n) is 3.38. The summed E-state index contributed by atoms with van der Waals surface area (Å²) in [5.41, 5.74) is 0. The fourth-order valence-corrected chi connectivity index (χ4v) is 5.34. The van der Waals surface area contributed by atoms with Crippen molar-refractivity contribution < 1.29 is 13.2 Å². The van der Waals surface area contributed by atoms with Gasteiger partial charge in [-0.1, -0.05) is 0 Å². The normalized spacial score (nSPS) is 25.5. The van der Waals surface area contributed by atoms with Crippen LogP contribution >= 0.6 is 0 Å². The van der Waals surface area contributed by atoms with E-state index in [1.54, 1.807) is 13.3 Å². The first kappa shape index (κ1) is 17.4. The average Bonchev–Trinajstić information content (AvgIpc) is 2.88. The summed E-state index contributed by atoms with van der Waals surface area (Å²) in [5.74, 6) is 1.85. The largest absolute Gasteiger partial charge is 0.385 e. The molecule has 0 amide bonds. The van der Waals surface area contributed by atoms with Gasteiger partial charge >= 0.3 is 0 Å². The molecule has 1 aromatic rings. The van der Waals surface area contributed by atoms with Crippen molar-refractivity contribution in [2.24, 2.45) is 0 Å². The van der Waals surface area contributed by atoms with Crippen molar-refractivity contribution in [3.05, 3.63) is 12.3 Å². The maximum Gasteiger partial charge on any atom is 0.226 e. The Morgan fingerprint density at radius 1 is 1.46 bits per heavy atom. The molecular formula is C15H25N5O3S. The number of ether oxygens (including phenoxy) is 1. The molecule has 0 unspecified atom stereocenters. The topological polar surface area (TPSA) is 87.7 Å². The van der Waals surface area contributed by atoms with E-state index in [4.69, 9.17) is 4.74 Å². The molecule has 1 N–H and O–H groups in total. The zero-order valence-electron chi connectivity index (χ0n) is 14.2. The first-order valence-electron chi connectivity index (χ1n) is 8.24. The predicted molar refractivity (Wildman–Crippen MR) is 93.4 cm³/mol. The molecule has 0 saturated carbocycles. The van der Waals surface area contributed by atoms with Crippen LogP contribution in [0.1, 0.15) is 6.42 Å². The highest BCUT2D eigenvalue weighted by molar-refractivity contribution is 7.91. The van der Waals surface area contributed by atoms with Gasteiger partial charge < -0.3 is 19.9 Å². The van der Waals surface area contributed by atoms with Crippen molar-refractivity contribution in [3.8, 4) is 0 Å². The van der Waals surface area contributed by atoms with E-state index in [0.29, 0.717) is 12.6 Å². The number of anilines is 2. The summed E-state index contributed by atoms with van der Waals surface area (Å²) >= 11 is 0. The zero-order chi connectivity index (χ0) is 17.2. The molecule has 0 aromatic carbocycles. The van der Waals surface area contributed by atoms with Crippen LogP contribution in [0.4, 0.5) is 11.8 Å². The zero-order valence-corrected chi connectivity index (χ0v) is 15.0. The Bertz CT molecular complexity index is 669. The van der Waals surface area contributed by atoms with Gasteiger partial charge in [0.15, 0.2) is 9.84 Å². The lowest BCUT2D eigenvalue weighted by molar-refractivity contribution is 0.196. The Balaban J connectivity index is 1.75. The van der Waals surface area contributed by atoms with Crippen molar-refractivity contribution in [2.75, 3.05) is 61.7 Å². The first-order valence-corrected chi connectivity index (χ1v) is 10.1. The van der Waals surface area contributed by atoms with Gasteiger partial charge in [0.1, 0.15) is 5.82 Å². The Hall–Kier alpha value is -1.45. The molecular weight excluding hydrogens is 330 g/mol. The van der Waals surface area contributed by atoms with E-state index < -0.39 is 9.84 Å². The van der Waals surface area contributed by atoms with Gasteiger partial charge in [-0.05, 0) is 12.5 Å². The monoisotopic (exact) mass is 355 g/mol. The molecule has 24 heavy (non-hydrogen) atoms. The van der Waals surface area contributed by atoms with Gasteiger partial charge in [-0.3, -0.25) is 0 Å². The summed E-state index contributed by atoms with van der Waals surface area (Å²) in [6.07, 6.45) is 2.64. The average molecular weight is 355 g/mol. The minimum atomic E-state index is -2.98. The predicted octanol–water partition coefficient (Wildman–Crippen LogP) is -0.475. The third kappa shape index (κ3) is 3.79. The van der Waals surface area contributed by atoms with Crippen LogP contribution in [0.3, 0.4) is 0 Å². The quantitative estimate of drug-likeness (QED) is 0.685. The summed E-state index contributed by atoms with van der Waals surface area (Å²) < 4.78 is 29.0. The Morgan fingerprint density at radius 2 is 2.29 bits per heavy atom. The van der Waals surface area contributed by atoms with E-state index in [1.165, 1.54) is 0 Å².